The topological polar surface area (TPSA) is 68.3 Å². The summed E-state index contributed by atoms with van der Waals surface area (Å²) in [7, 11) is 0. The standard InChI is InChI=1S/C20H30O5/c21-16(22)11-7-2-1-6-10-14-15(12-23-13-8-4-3-5-9-13)18-20-19(25-20)17(14)24-18/h1,6,13-15,17-20H,2-5,7-12H2,(H,21,22)/b6-1-/t14-,15+,17+,18-,19-,20+/m0/s1. The zero-order chi connectivity index (χ0) is 17.2. The van der Waals surface area contributed by atoms with Crippen LogP contribution in [0, 0.1) is 11.8 Å². The van der Waals surface area contributed by atoms with Gasteiger partial charge in [-0.1, -0.05) is 31.4 Å². The molecule has 1 N–H and O–H groups in total. The normalized spacial score (nSPS) is 39.8. The van der Waals surface area contributed by atoms with Gasteiger partial charge in [-0.25, -0.2) is 0 Å². The quantitative estimate of drug-likeness (QED) is 0.392. The molecule has 0 amide bonds. The van der Waals surface area contributed by atoms with E-state index in [-0.39, 0.29) is 18.6 Å². The molecule has 4 aliphatic rings. The Kier molecular flexibility index (Phi) is 5.44. The lowest BCUT2D eigenvalue weighted by molar-refractivity contribution is -0.137. The van der Waals surface area contributed by atoms with Crippen LogP contribution in [0.5, 0.6) is 0 Å². The third kappa shape index (κ3) is 3.93. The molecule has 0 radical (unpaired) electrons. The van der Waals surface area contributed by atoms with Gasteiger partial charge in [0.25, 0.3) is 0 Å². The van der Waals surface area contributed by atoms with E-state index in [1.54, 1.807) is 0 Å². The van der Waals surface area contributed by atoms with Crippen LogP contribution < -0.4 is 0 Å². The maximum atomic E-state index is 10.5. The van der Waals surface area contributed by atoms with Crippen LogP contribution in [0.25, 0.3) is 0 Å². The number of fused-ring (bicyclic) bond motifs is 5. The third-order valence-electron chi connectivity index (χ3n) is 6.33. The lowest BCUT2D eigenvalue weighted by atomic mass is 9.78. The summed E-state index contributed by atoms with van der Waals surface area (Å²) < 4.78 is 18.2. The number of carbonyl (C=O) groups is 1. The molecule has 0 spiro atoms. The number of hydrogen-bond donors (Lipinski definition) is 1. The van der Waals surface area contributed by atoms with Crippen molar-refractivity contribution in [1.82, 2.24) is 0 Å². The van der Waals surface area contributed by atoms with Gasteiger partial charge in [-0.15, -0.1) is 0 Å². The SMILES string of the molecule is O=C(O)CCC/C=C\C[C@H]1[C@@H](COC2CCCCC2)[C@@H]2O[C@H]1[C@@H]1O[C@@H]12. The van der Waals surface area contributed by atoms with Gasteiger partial charge in [-0.3, -0.25) is 4.79 Å². The Morgan fingerprint density at radius 2 is 1.72 bits per heavy atom. The summed E-state index contributed by atoms with van der Waals surface area (Å²) in [6, 6.07) is 0. The second-order valence-electron chi connectivity index (χ2n) is 8.04. The molecule has 25 heavy (non-hydrogen) atoms. The Morgan fingerprint density at radius 3 is 2.48 bits per heavy atom. The Hall–Kier alpha value is -0.910. The summed E-state index contributed by atoms with van der Waals surface area (Å²) >= 11 is 0. The fraction of sp³-hybridized carbons (Fsp3) is 0.850. The van der Waals surface area contributed by atoms with Crippen LogP contribution in [0.3, 0.4) is 0 Å². The number of carboxylic acid groups (broad SMARTS) is 1. The van der Waals surface area contributed by atoms with Gasteiger partial charge < -0.3 is 19.3 Å². The molecule has 4 rings (SSSR count). The van der Waals surface area contributed by atoms with Crippen LogP contribution in [0.2, 0.25) is 0 Å². The summed E-state index contributed by atoms with van der Waals surface area (Å²) in [5, 5.41) is 8.68. The molecule has 4 fully saturated rings. The molecule has 140 valence electrons. The number of rotatable bonds is 9. The fourth-order valence-electron chi connectivity index (χ4n) is 4.93. The van der Waals surface area contributed by atoms with Crippen molar-refractivity contribution in [3.63, 3.8) is 0 Å². The van der Waals surface area contributed by atoms with Crippen LogP contribution in [0.1, 0.15) is 57.8 Å². The number of unbranched alkanes of at least 4 members (excludes halogenated alkanes) is 1. The molecule has 0 aromatic carbocycles. The first-order valence-corrected chi connectivity index (χ1v) is 10.0. The summed E-state index contributed by atoms with van der Waals surface area (Å²) in [4.78, 5) is 10.5. The predicted octanol–water partition coefficient (Wildman–Crippen LogP) is 3.32. The van der Waals surface area contributed by atoms with Gasteiger partial charge in [-0.05, 0) is 38.0 Å². The molecule has 5 nitrogen and oxygen atoms in total. The summed E-state index contributed by atoms with van der Waals surface area (Å²) in [6.45, 7) is 0.802. The maximum Gasteiger partial charge on any atom is 0.303 e. The first-order chi connectivity index (χ1) is 12.2. The molecule has 3 aliphatic heterocycles. The highest BCUT2D eigenvalue weighted by molar-refractivity contribution is 5.66. The van der Waals surface area contributed by atoms with E-state index in [0.717, 1.165) is 19.4 Å². The summed E-state index contributed by atoms with van der Waals surface area (Å²) in [5.74, 6) is 0.208. The Bertz CT molecular complexity index is 498. The number of carboxylic acids is 1. The molecule has 1 aliphatic carbocycles. The molecule has 5 heteroatoms. The number of aliphatic carboxylic acids is 1. The van der Waals surface area contributed by atoms with Crippen molar-refractivity contribution in [1.29, 1.82) is 0 Å². The molecular weight excluding hydrogens is 320 g/mol. The zero-order valence-electron chi connectivity index (χ0n) is 14.8. The molecule has 0 aromatic heterocycles. The van der Waals surface area contributed by atoms with Crippen LogP contribution >= 0.6 is 0 Å². The molecular formula is C20H30O5. The molecule has 0 unspecified atom stereocenters. The van der Waals surface area contributed by atoms with Crippen LogP contribution in [0.4, 0.5) is 0 Å². The molecule has 3 heterocycles. The monoisotopic (exact) mass is 350 g/mol. The lowest BCUT2D eigenvalue weighted by Crippen LogP contribution is -2.36. The van der Waals surface area contributed by atoms with Gasteiger partial charge in [-0.2, -0.15) is 0 Å². The average Bonchev–Trinajstić information content (AvgIpc) is 3.24. The minimum Gasteiger partial charge on any atom is -0.481 e. The van der Waals surface area contributed by atoms with Crippen molar-refractivity contribution in [2.24, 2.45) is 11.8 Å². The van der Waals surface area contributed by atoms with E-state index in [4.69, 9.17) is 19.3 Å². The number of hydrogen-bond acceptors (Lipinski definition) is 4. The lowest BCUT2D eigenvalue weighted by Gasteiger charge is -2.28. The molecule has 0 aromatic rings. The van der Waals surface area contributed by atoms with E-state index < -0.39 is 5.97 Å². The van der Waals surface area contributed by atoms with Gasteiger partial charge in [0.15, 0.2) is 0 Å². The Labute approximate surface area is 149 Å². The van der Waals surface area contributed by atoms with Crippen molar-refractivity contribution in [3.8, 4) is 0 Å². The van der Waals surface area contributed by atoms with Crippen LogP contribution in [-0.2, 0) is 19.0 Å². The zero-order valence-corrected chi connectivity index (χ0v) is 14.8. The van der Waals surface area contributed by atoms with Crippen molar-refractivity contribution < 1.29 is 24.1 Å². The van der Waals surface area contributed by atoms with E-state index in [0.29, 0.717) is 36.6 Å². The molecule has 3 saturated heterocycles. The second kappa shape index (κ2) is 7.77. The van der Waals surface area contributed by atoms with Crippen molar-refractivity contribution in [2.75, 3.05) is 6.61 Å². The highest BCUT2D eigenvalue weighted by Gasteiger charge is 2.68. The number of allylic oxidation sites excluding steroid dienone is 2. The minimum atomic E-state index is -0.716. The first-order valence-electron chi connectivity index (χ1n) is 10.0. The second-order valence-corrected chi connectivity index (χ2v) is 8.04. The average molecular weight is 350 g/mol. The smallest absolute Gasteiger partial charge is 0.303 e. The molecule has 1 saturated carbocycles. The van der Waals surface area contributed by atoms with E-state index >= 15 is 0 Å². The van der Waals surface area contributed by atoms with Crippen molar-refractivity contribution >= 4 is 5.97 Å². The maximum absolute atomic E-state index is 10.5. The van der Waals surface area contributed by atoms with E-state index in [9.17, 15) is 4.79 Å². The van der Waals surface area contributed by atoms with Crippen LogP contribution in [0.15, 0.2) is 12.2 Å². The molecule has 6 atom stereocenters. The predicted molar refractivity (Wildman–Crippen MR) is 92.4 cm³/mol. The third-order valence-corrected chi connectivity index (χ3v) is 6.33. The van der Waals surface area contributed by atoms with Gasteiger partial charge in [0.1, 0.15) is 12.2 Å². The highest BCUT2D eigenvalue weighted by Crippen LogP contribution is 2.55. The van der Waals surface area contributed by atoms with Gasteiger partial charge in [0.05, 0.1) is 24.9 Å². The molecule has 2 bridgehead atoms. The number of ether oxygens (including phenoxy) is 3. The Balaban J connectivity index is 1.26. The largest absolute Gasteiger partial charge is 0.481 e. The van der Waals surface area contributed by atoms with E-state index in [2.05, 4.69) is 12.2 Å². The summed E-state index contributed by atoms with van der Waals surface area (Å²) in [5.41, 5.74) is 0. The van der Waals surface area contributed by atoms with Gasteiger partial charge in [0, 0.05) is 12.3 Å². The first kappa shape index (κ1) is 17.5. The van der Waals surface area contributed by atoms with Crippen molar-refractivity contribution in [3.05, 3.63) is 12.2 Å². The highest BCUT2D eigenvalue weighted by atomic mass is 16.7. The van der Waals surface area contributed by atoms with E-state index in [1.165, 1.54) is 32.1 Å². The van der Waals surface area contributed by atoms with Crippen LogP contribution in [-0.4, -0.2) is 48.2 Å². The van der Waals surface area contributed by atoms with Crippen molar-refractivity contribution in [2.45, 2.75) is 88.3 Å². The van der Waals surface area contributed by atoms with E-state index in [1.807, 2.05) is 0 Å². The van der Waals surface area contributed by atoms with Gasteiger partial charge in [0.2, 0.25) is 0 Å². The fourth-order valence-corrected chi connectivity index (χ4v) is 4.93. The van der Waals surface area contributed by atoms with Gasteiger partial charge >= 0.3 is 5.97 Å². The minimum absolute atomic E-state index is 0.226. The number of epoxide rings is 1. The Morgan fingerprint density at radius 1 is 1.00 bits per heavy atom. The summed E-state index contributed by atoms with van der Waals surface area (Å²) in [6.07, 6.45) is 15.0.